The fourth-order valence-electron chi connectivity index (χ4n) is 2.31. The first kappa shape index (κ1) is 11.9. The molecule has 1 aliphatic heterocycles. The van der Waals surface area contributed by atoms with Gasteiger partial charge in [-0.15, -0.1) is 0 Å². The Morgan fingerprint density at radius 1 is 1.11 bits per heavy atom. The lowest BCUT2D eigenvalue weighted by molar-refractivity contribution is -0.115. The summed E-state index contributed by atoms with van der Waals surface area (Å²) in [6.07, 6.45) is 0.388. The molecule has 19 heavy (non-hydrogen) atoms. The van der Waals surface area contributed by atoms with Gasteiger partial charge in [0.1, 0.15) is 5.82 Å². The van der Waals surface area contributed by atoms with Crippen LogP contribution >= 0.6 is 0 Å². The van der Waals surface area contributed by atoms with Gasteiger partial charge in [-0.3, -0.25) is 4.79 Å². The molecule has 0 aliphatic carbocycles. The zero-order chi connectivity index (χ0) is 13.4. The van der Waals surface area contributed by atoms with Crippen LogP contribution in [0, 0.1) is 5.82 Å². The van der Waals surface area contributed by atoms with Gasteiger partial charge in [-0.2, -0.15) is 0 Å². The molecule has 1 atom stereocenters. The lowest BCUT2D eigenvalue weighted by atomic mass is 9.97. The molecule has 2 aromatic carbocycles. The second-order valence-corrected chi connectivity index (χ2v) is 4.67. The predicted molar refractivity (Wildman–Crippen MR) is 71.2 cm³/mol. The van der Waals surface area contributed by atoms with Crippen LogP contribution in [0.25, 0.3) is 0 Å². The molecule has 0 spiro atoms. The number of nitrogens with two attached hydrogens (primary N) is 1. The third kappa shape index (κ3) is 2.22. The minimum atomic E-state index is -0.318. The van der Waals surface area contributed by atoms with Crippen LogP contribution in [-0.4, -0.2) is 5.91 Å². The van der Waals surface area contributed by atoms with Crippen LogP contribution in [0.4, 0.5) is 10.1 Å². The van der Waals surface area contributed by atoms with Crippen LogP contribution in [0.5, 0.6) is 0 Å². The van der Waals surface area contributed by atoms with Gasteiger partial charge in [0.15, 0.2) is 0 Å². The van der Waals surface area contributed by atoms with Gasteiger partial charge >= 0.3 is 0 Å². The molecule has 3 rings (SSSR count). The summed E-state index contributed by atoms with van der Waals surface area (Å²) in [5.74, 6) is -0.276. The van der Waals surface area contributed by atoms with Crippen molar-refractivity contribution in [3.8, 4) is 0 Å². The normalized spacial score (nSPS) is 14.9. The minimum Gasteiger partial charge on any atom is -0.326 e. The first-order valence-corrected chi connectivity index (χ1v) is 6.07. The van der Waals surface area contributed by atoms with E-state index < -0.39 is 0 Å². The zero-order valence-electron chi connectivity index (χ0n) is 10.2. The largest absolute Gasteiger partial charge is 0.326 e. The van der Waals surface area contributed by atoms with E-state index in [4.69, 9.17) is 5.73 Å². The van der Waals surface area contributed by atoms with E-state index in [0.717, 1.165) is 22.4 Å². The topological polar surface area (TPSA) is 55.1 Å². The maximum Gasteiger partial charge on any atom is 0.228 e. The molecule has 0 fully saturated rings. The molecule has 4 heteroatoms. The molecule has 1 amide bonds. The summed E-state index contributed by atoms with van der Waals surface area (Å²) in [4.78, 5) is 11.3. The second kappa shape index (κ2) is 4.48. The summed E-state index contributed by atoms with van der Waals surface area (Å²) < 4.78 is 12.9. The number of carbonyl (C=O) groups excluding carboxylic acids is 1. The van der Waals surface area contributed by atoms with Gasteiger partial charge < -0.3 is 11.1 Å². The van der Waals surface area contributed by atoms with Crippen molar-refractivity contribution in [1.82, 2.24) is 0 Å². The van der Waals surface area contributed by atoms with E-state index in [0.29, 0.717) is 6.42 Å². The highest BCUT2D eigenvalue weighted by molar-refractivity contribution is 5.99. The summed E-state index contributed by atoms with van der Waals surface area (Å²) in [5.41, 5.74) is 9.74. The molecule has 3 N–H and O–H groups in total. The third-order valence-electron chi connectivity index (χ3n) is 3.34. The van der Waals surface area contributed by atoms with E-state index in [1.807, 2.05) is 18.2 Å². The molecule has 2 aromatic rings. The number of fused-ring (bicyclic) bond motifs is 1. The van der Waals surface area contributed by atoms with Crippen molar-refractivity contribution in [2.24, 2.45) is 5.73 Å². The average Bonchev–Trinajstić information content (AvgIpc) is 2.77. The molecule has 3 nitrogen and oxygen atoms in total. The molecule has 1 heterocycles. The predicted octanol–water partition coefficient (Wildman–Crippen LogP) is 2.37. The van der Waals surface area contributed by atoms with Crippen molar-refractivity contribution in [1.29, 1.82) is 0 Å². The maximum absolute atomic E-state index is 12.9. The Morgan fingerprint density at radius 2 is 1.79 bits per heavy atom. The molecule has 0 radical (unpaired) electrons. The van der Waals surface area contributed by atoms with Crippen LogP contribution in [0.3, 0.4) is 0 Å². The number of hydrogen-bond donors (Lipinski definition) is 2. The molecule has 1 aliphatic rings. The minimum absolute atomic E-state index is 0.00232. The zero-order valence-corrected chi connectivity index (χ0v) is 10.2. The van der Waals surface area contributed by atoms with Crippen molar-refractivity contribution in [3.05, 3.63) is 65.0 Å². The second-order valence-electron chi connectivity index (χ2n) is 4.67. The number of carbonyl (C=O) groups is 1. The number of benzene rings is 2. The van der Waals surface area contributed by atoms with Gasteiger partial charge in [0, 0.05) is 5.69 Å². The Hall–Kier alpha value is -2.20. The van der Waals surface area contributed by atoms with Gasteiger partial charge in [-0.05, 0) is 34.9 Å². The molecular weight excluding hydrogens is 243 g/mol. The Labute approximate surface area is 110 Å². The summed E-state index contributed by atoms with van der Waals surface area (Å²) in [5, 5.41) is 2.78. The SMILES string of the molecule is NC(c1ccc(F)cc1)c1ccc2c(c1)CC(=O)N2. The quantitative estimate of drug-likeness (QED) is 0.866. The van der Waals surface area contributed by atoms with Gasteiger partial charge in [0.05, 0.1) is 12.5 Å². The van der Waals surface area contributed by atoms with Crippen LogP contribution in [0.15, 0.2) is 42.5 Å². The Kier molecular flexibility index (Phi) is 2.80. The third-order valence-corrected chi connectivity index (χ3v) is 3.34. The van der Waals surface area contributed by atoms with E-state index in [1.54, 1.807) is 12.1 Å². The van der Waals surface area contributed by atoms with E-state index in [9.17, 15) is 9.18 Å². The fraction of sp³-hybridized carbons (Fsp3) is 0.133. The van der Waals surface area contributed by atoms with Gasteiger partial charge in [-0.25, -0.2) is 4.39 Å². The highest BCUT2D eigenvalue weighted by Gasteiger charge is 2.19. The molecule has 0 aromatic heterocycles. The van der Waals surface area contributed by atoms with E-state index in [2.05, 4.69) is 5.32 Å². The smallest absolute Gasteiger partial charge is 0.228 e. The maximum atomic E-state index is 12.9. The summed E-state index contributed by atoms with van der Waals surface area (Å²) in [6, 6.07) is 11.5. The van der Waals surface area contributed by atoms with E-state index >= 15 is 0 Å². The summed E-state index contributed by atoms with van der Waals surface area (Å²) in [6.45, 7) is 0. The lowest BCUT2D eigenvalue weighted by Crippen LogP contribution is -2.12. The van der Waals surface area contributed by atoms with Crippen molar-refractivity contribution in [3.63, 3.8) is 0 Å². The summed E-state index contributed by atoms with van der Waals surface area (Å²) >= 11 is 0. The number of nitrogens with one attached hydrogen (secondary N) is 1. The first-order chi connectivity index (χ1) is 9.13. The number of amides is 1. The Bertz CT molecular complexity index is 637. The molecule has 0 saturated carbocycles. The number of rotatable bonds is 2. The fourth-order valence-corrected chi connectivity index (χ4v) is 2.31. The van der Waals surface area contributed by atoms with Crippen molar-refractivity contribution < 1.29 is 9.18 Å². The highest BCUT2D eigenvalue weighted by Crippen LogP contribution is 2.28. The highest BCUT2D eigenvalue weighted by atomic mass is 19.1. The molecule has 96 valence electrons. The molecule has 0 saturated heterocycles. The van der Waals surface area contributed by atoms with Crippen LogP contribution < -0.4 is 11.1 Å². The van der Waals surface area contributed by atoms with Crippen molar-refractivity contribution in [2.75, 3.05) is 5.32 Å². The monoisotopic (exact) mass is 256 g/mol. The number of hydrogen-bond acceptors (Lipinski definition) is 2. The summed E-state index contributed by atoms with van der Waals surface area (Å²) in [7, 11) is 0. The van der Waals surface area contributed by atoms with Crippen LogP contribution in [0.2, 0.25) is 0 Å². The van der Waals surface area contributed by atoms with E-state index in [1.165, 1.54) is 12.1 Å². The Morgan fingerprint density at radius 3 is 2.53 bits per heavy atom. The molecule has 0 bridgehead atoms. The number of anilines is 1. The lowest BCUT2D eigenvalue weighted by Gasteiger charge is -2.13. The van der Waals surface area contributed by atoms with Gasteiger partial charge in [0.2, 0.25) is 5.91 Å². The first-order valence-electron chi connectivity index (χ1n) is 6.07. The van der Waals surface area contributed by atoms with Crippen molar-refractivity contribution in [2.45, 2.75) is 12.5 Å². The van der Waals surface area contributed by atoms with Crippen LogP contribution in [0.1, 0.15) is 22.7 Å². The molecule has 1 unspecified atom stereocenters. The number of halogens is 1. The van der Waals surface area contributed by atoms with Crippen LogP contribution in [-0.2, 0) is 11.2 Å². The Balaban J connectivity index is 1.92. The molecular formula is C15H13FN2O. The van der Waals surface area contributed by atoms with Gasteiger partial charge in [0.25, 0.3) is 0 Å². The van der Waals surface area contributed by atoms with E-state index in [-0.39, 0.29) is 17.8 Å². The average molecular weight is 256 g/mol. The van der Waals surface area contributed by atoms with Crippen molar-refractivity contribution >= 4 is 11.6 Å². The standard InChI is InChI=1S/C15H13FN2O/c16-12-4-1-9(2-5-12)15(17)10-3-6-13-11(7-10)8-14(19)18-13/h1-7,15H,8,17H2,(H,18,19). The van der Waals surface area contributed by atoms with Gasteiger partial charge in [-0.1, -0.05) is 24.3 Å².